The average Bonchev–Trinajstić information content (AvgIpc) is 2.24. The van der Waals surface area contributed by atoms with Crippen LogP contribution in [-0.2, 0) is 19.7 Å². The van der Waals surface area contributed by atoms with Gasteiger partial charge in [-0.05, 0) is 18.1 Å². The van der Waals surface area contributed by atoms with Gasteiger partial charge < -0.3 is 15.6 Å². The molecule has 0 fully saturated rings. The van der Waals surface area contributed by atoms with Crippen molar-refractivity contribution in [2.45, 2.75) is 19.2 Å². The normalized spacial score (nSPS) is 11.2. The van der Waals surface area contributed by atoms with E-state index in [9.17, 15) is 22.6 Å². The average molecular weight is 300 g/mol. The Labute approximate surface area is 135 Å². The summed E-state index contributed by atoms with van der Waals surface area (Å²) in [5, 5.41) is 0.658. The number of nitrogens with two attached hydrogens (primary N) is 1. The topological polar surface area (TPSA) is 129 Å². The molecule has 1 unspecified atom stereocenters. The van der Waals surface area contributed by atoms with E-state index in [2.05, 4.69) is 18.9 Å². The fourth-order valence-corrected chi connectivity index (χ4v) is 1.70. The molecule has 0 aromatic carbocycles. The Morgan fingerprint density at radius 1 is 1.26 bits per heavy atom. The maximum absolute atomic E-state index is 10.7. The Kier molecular flexibility index (Phi) is 13.8. The van der Waals surface area contributed by atoms with Crippen molar-refractivity contribution in [3.05, 3.63) is 25.3 Å². The third kappa shape index (κ3) is 13.6. The molecule has 0 spiro atoms. The molecule has 0 aliphatic rings. The van der Waals surface area contributed by atoms with Gasteiger partial charge in [-0.25, -0.2) is 8.42 Å². The van der Waals surface area contributed by atoms with Crippen molar-refractivity contribution in [2.75, 3.05) is 0 Å². The summed E-state index contributed by atoms with van der Waals surface area (Å²) in [7, 11) is -4.50. The molecule has 0 bridgehead atoms. The molecule has 0 aromatic heterocycles. The number of hydrogen-bond acceptors (Lipinski definition) is 5. The van der Waals surface area contributed by atoms with Gasteiger partial charge >= 0.3 is 29.6 Å². The Balaban J connectivity index is -0.000000366. The minimum Gasteiger partial charge on any atom is -0.746 e. The number of nitrogens with one attached hydrogen (secondary N) is 1. The molecule has 0 saturated carbocycles. The number of carbonyl (C=O) groups is 2. The maximum atomic E-state index is 10.7. The van der Waals surface area contributed by atoms with E-state index in [4.69, 9.17) is 0 Å². The predicted molar refractivity (Wildman–Crippen MR) is 66.1 cm³/mol. The monoisotopic (exact) mass is 300 g/mol. The summed E-state index contributed by atoms with van der Waals surface area (Å²) in [5.41, 5.74) is 4.53. The molecule has 0 heterocycles. The molecular weight excluding hydrogens is 283 g/mol. The quantitative estimate of drug-likeness (QED) is 0.309. The van der Waals surface area contributed by atoms with E-state index >= 15 is 0 Å². The summed E-state index contributed by atoms with van der Waals surface area (Å²) in [6.07, 6.45) is 1.97. The van der Waals surface area contributed by atoms with Gasteiger partial charge in [0.25, 0.3) is 0 Å². The molecule has 0 rings (SSSR count). The Bertz CT molecular complexity index is 420. The largest absolute Gasteiger partial charge is 1.00 e. The second-order valence-corrected chi connectivity index (χ2v) is 4.97. The minimum atomic E-state index is -4.50. The van der Waals surface area contributed by atoms with Gasteiger partial charge in [-0.3, -0.25) is 9.59 Å². The molecule has 1 atom stereocenters. The van der Waals surface area contributed by atoms with Crippen LogP contribution in [0.5, 0.6) is 0 Å². The SMILES string of the molecule is C=CC(=O)NC(C(C)C)S(=O)(=O)[O-].C=CC(N)=O.[Na+]. The third-order valence-electron chi connectivity index (χ3n) is 1.59. The van der Waals surface area contributed by atoms with Crippen LogP contribution in [0.2, 0.25) is 0 Å². The van der Waals surface area contributed by atoms with Crippen molar-refractivity contribution >= 4 is 21.9 Å². The predicted octanol–water partition coefficient (Wildman–Crippen LogP) is -3.52. The molecular formula is C10H17N2NaO5S. The van der Waals surface area contributed by atoms with Crippen molar-refractivity contribution in [2.24, 2.45) is 11.7 Å². The summed E-state index contributed by atoms with van der Waals surface area (Å²) in [6, 6.07) is 0. The fourth-order valence-electron chi connectivity index (χ4n) is 0.771. The first-order chi connectivity index (χ1) is 8.06. The maximum Gasteiger partial charge on any atom is 1.00 e. The zero-order valence-electron chi connectivity index (χ0n) is 11.3. The number of primary amides is 1. The van der Waals surface area contributed by atoms with Gasteiger partial charge in [0.15, 0.2) is 0 Å². The van der Waals surface area contributed by atoms with Gasteiger partial charge in [0.2, 0.25) is 11.8 Å². The van der Waals surface area contributed by atoms with E-state index in [1.54, 1.807) is 0 Å². The standard InChI is InChI=1S/C7H13NO4S.C3H5NO.Na/c1-4-6(9)8-7(5(2)3)13(10,11)12;1-2-3(4)5;/h4-5,7H,1H2,2-3H3,(H,8,9)(H,10,11,12);2H,1H2,(H2,4,5);/q;;+1/p-1. The molecule has 19 heavy (non-hydrogen) atoms. The zero-order chi connectivity index (χ0) is 14.9. The molecule has 0 radical (unpaired) electrons. The number of amides is 2. The van der Waals surface area contributed by atoms with Gasteiger partial charge in [-0.15, -0.1) is 0 Å². The van der Waals surface area contributed by atoms with Crippen molar-refractivity contribution in [3.63, 3.8) is 0 Å². The smallest absolute Gasteiger partial charge is 0.746 e. The van der Waals surface area contributed by atoms with Crippen LogP contribution in [0.4, 0.5) is 0 Å². The van der Waals surface area contributed by atoms with Gasteiger partial charge in [0.1, 0.15) is 15.5 Å². The molecule has 0 aliphatic carbocycles. The summed E-state index contributed by atoms with van der Waals surface area (Å²) in [6.45, 7) is 9.29. The van der Waals surface area contributed by atoms with Crippen LogP contribution >= 0.6 is 0 Å². The van der Waals surface area contributed by atoms with Crippen molar-refractivity contribution in [1.82, 2.24) is 5.32 Å². The second-order valence-electron chi connectivity index (χ2n) is 3.48. The number of carbonyl (C=O) groups excluding carboxylic acids is 2. The van der Waals surface area contributed by atoms with E-state index in [1.165, 1.54) is 13.8 Å². The van der Waals surface area contributed by atoms with Crippen molar-refractivity contribution in [1.29, 1.82) is 0 Å². The van der Waals surface area contributed by atoms with E-state index in [0.717, 1.165) is 12.2 Å². The second kappa shape index (κ2) is 11.2. The van der Waals surface area contributed by atoms with Crippen LogP contribution in [0, 0.1) is 5.92 Å². The first-order valence-electron chi connectivity index (χ1n) is 4.85. The Morgan fingerprint density at radius 2 is 1.63 bits per heavy atom. The van der Waals surface area contributed by atoms with Crippen molar-refractivity contribution < 1.29 is 52.1 Å². The Hall–Kier alpha value is -0.670. The molecule has 0 aromatic rings. The van der Waals surface area contributed by atoms with Gasteiger partial charge in [-0.2, -0.15) is 0 Å². The van der Waals surface area contributed by atoms with Gasteiger partial charge in [0.05, 0.1) is 0 Å². The van der Waals surface area contributed by atoms with E-state index in [0.29, 0.717) is 0 Å². The summed E-state index contributed by atoms with van der Waals surface area (Å²) >= 11 is 0. The molecule has 2 amide bonds. The molecule has 3 N–H and O–H groups in total. The van der Waals surface area contributed by atoms with Crippen LogP contribution in [-0.4, -0.2) is 30.2 Å². The van der Waals surface area contributed by atoms with Crippen LogP contribution in [0.15, 0.2) is 25.3 Å². The fraction of sp³-hybridized carbons (Fsp3) is 0.400. The summed E-state index contributed by atoms with van der Waals surface area (Å²) in [4.78, 5) is 20.2. The van der Waals surface area contributed by atoms with Crippen LogP contribution in [0.3, 0.4) is 0 Å². The number of rotatable bonds is 5. The van der Waals surface area contributed by atoms with Gasteiger partial charge in [0, 0.05) is 0 Å². The first kappa shape index (κ1) is 23.4. The van der Waals surface area contributed by atoms with Crippen LogP contribution in [0.25, 0.3) is 0 Å². The Morgan fingerprint density at radius 3 is 1.79 bits per heavy atom. The molecule has 0 saturated heterocycles. The minimum absolute atomic E-state index is 0. The summed E-state index contributed by atoms with van der Waals surface area (Å²) < 4.78 is 31.9. The van der Waals surface area contributed by atoms with Gasteiger partial charge in [-0.1, -0.05) is 27.0 Å². The van der Waals surface area contributed by atoms with Crippen LogP contribution in [0.1, 0.15) is 13.8 Å². The zero-order valence-corrected chi connectivity index (χ0v) is 14.1. The molecule has 9 heteroatoms. The molecule has 104 valence electrons. The third-order valence-corrected chi connectivity index (χ3v) is 2.87. The summed E-state index contributed by atoms with van der Waals surface area (Å²) in [5.74, 6) is -1.62. The molecule has 7 nitrogen and oxygen atoms in total. The van der Waals surface area contributed by atoms with E-state index in [-0.39, 0.29) is 29.6 Å². The first-order valence-corrected chi connectivity index (χ1v) is 6.32. The molecule has 0 aliphatic heterocycles. The van der Waals surface area contributed by atoms with Crippen LogP contribution < -0.4 is 40.6 Å². The number of hydrogen-bond donors (Lipinski definition) is 2. The van der Waals surface area contributed by atoms with E-state index < -0.39 is 33.2 Å². The van der Waals surface area contributed by atoms with E-state index in [1.807, 2.05) is 5.32 Å². The van der Waals surface area contributed by atoms with Crippen molar-refractivity contribution in [3.8, 4) is 0 Å².